The summed E-state index contributed by atoms with van der Waals surface area (Å²) in [4.78, 5) is 12.8. The van der Waals surface area contributed by atoms with Crippen LogP contribution in [0.3, 0.4) is 0 Å². The molecule has 1 rings (SSSR count). The van der Waals surface area contributed by atoms with E-state index in [1.54, 1.807) is 0 Å². The number of hydrogen-bond acceptors (Lipinski definition) is 3. The fourth-order valence-electron chi connectivity index (χ4n) is 2.48. The van der Waals surface area contributed by atoms with E-state index in [1.165, 1.54) is 19.8 Å². The van der Waals surface area contributed by atoms with Crippen molar-refractivity contribution in [2.45, 2.75) is 51.2 Å². The largest absolute Gasteiger partial charge is 0.479 e. The highest BCUT2D eigenvalue weighted by molar-refractivity contribution is 5.76. The van der Waals surface area contributed by atoms with Crippen molar-refractivity contribution in [1.82, 2.24) is 4.90 Å². The maximum absolute atomic E-state index is 10.8. The predicted octanol–water partition coefficient (Wildman–Crippen LogP) is 1.33. The van der Waals surface area contributed by atoms with Gasteiger partial charge in [-0.25, -0.2) is 4.79 Å². The first-order valence-corrected chi connectivity index (χ1v) is 5.99. The maximum atomic E-state index is 10.8. The summed E-state index contributed by atoms with van der Waals surface area (Å²) in [6, 6.07) is 0.412. The van der Waals surface area contributed by atoms with Crippen LogP contribution in [0, 0.1) is 5.92 Å². The monoisotopic (exact) mass is 229 g/mol. The molecule has 0 saturated heterocycles. The van der Waals surface area contributed by atoms with Crippen LogP contribution >= 0.6 is 0 Å². The third-order valence-corrected chi connectivity index (χ3v) is 3.55. The molecular formula is C12H23NO3. The molecule has 0 heterocycles. The van der Waals surface area contributed by atoms with E-state index >= 15 is 0 Å². The number of likely N-dealkylation sites (N-methyl/N-ethyl adjacent to an activating group) is 1. The lowest BCUT2D eigenvalue weighted by molar-refractivity contribution is -0.158. The van der Waals surface area contributed by atoms with Gasteiger partial charge in [0.1, 0.15) is 0 Å². The first-order valence-electron chi connectivity index (χ1n) is 5.99. The van der Waals surface area contributed by atoms with Gasteiger partial charge in [-0.2, -0.15) is 0 Å². The van der Waals surface area contributed by atoms with Gasteiger partial charge >= 0.3 is 5.97 Å². The summed E-state index contributed by atoms with van der Waals surface area (Å²) in [5.74, 6) is -0.445. The van der Waals surface area contributed by atoms with Crippen LogP contribution in [0.4, 0.5) is 0 Å². The summed E-state index contributed by atoms with van der Waals surface area (Å²) in [7, 11) is 1.90. The summed E-state index contributed by atoms with van der Waals surface area (Å²) in [6.07, 6.45) is 4.67. The van der Waals surface area contributed by atoms with Gasteiger partial charge in [-0.3, -0.25) is 4.90 Å². The Morgan fingerprint density at radius 1 is 1.50 bits per heavy atom. The quantitative estimate of drug-likeness (QED) is 0.763. The first kappa shape index (κ1) is 13.5. The standard InChI is InChI=1S/C12H23NO3/c1-9-5-4-6-10(7-9)13(3)8-12(2,16)11(14)15/h9-10,16H,4-8H2,1-3H3,(H,14,15). The Morgan fingerprint density at radius 2 is 2.12 bits per heavy atom. The molecule has 1 aliphatic carbocycles. The van der Waals surface area contributed by atoms with Gasteiger partial charge < -0.3 is 10.2 Å². The van der Waals surface area contributed by atoms with E-state index in [0.29, 0.717) is 12.0 Å². The molecule has 0 aliphatic heterocycles. The average Bonchev–Trinajstić information content (AvgIpc) is 2.16. The van der Waals surface area contributed by atoms with Gasteiger partial charge in [0.15, 0.2) is 5.60 Å². The second-order valence-electron chi connectivity index (χ2n) is 5.42. The maximum Gasteiger partial charge on any atom is 0.336 e. The van der Waals surface area contributed by atoms with E-state index in [2.05, 4.69) is 6.92 Å². The molecular weight excluding hydrogens is 206 g/mol. The Hall–Kier alpha value is -0.610. The fourth-order valence-corrected chi connectivity index (χ4v) is 2.48. The van der Waals surface area contributed by atoms with Crippen LogP contribution in [0.15, 0.2) is 0 Å². The van der Waals surface area contributed by atoms with Crippen molar-refractivity contribution in [2.24, 2.45) is 5.92 Å². The summed E-state index contributed by atoms with van der Waals surface area (Å²) in [5.41, 5.74) is -1.64. The molecule has 4 heteroatoms. The van der Waals surface area contributed by atoms with Crippen LogP contribution in [0.2, 0.25) is 0 Å². The molecule has 4 nitrogen and oxygen atoms in total. The van der Waals surface area contributed by atoms with Gasteiger partial charge in [0, 0.05) is 12.6 Å². The van der Waals surface area contributed by atoms with E-state index in [1.807, 2.05) is 11.9 Å². The van der Waals surface area contributed by atoms with E-state index in [0.717, 1.165) is 12.8 Å². The van der Waals surface area contributed by atoms with Gasteiger partial charge in [0.05, 0.1) is 0 Å². The highest BCUT2D eigenvalue weighted by Gasteiger charge is 2.34. The molecule has 0 aromatic carbocycles. The van der Waals surface area contributed by atoms with Crippen molar-refractivity contribution >= 4 is 5.97 Å². The number of carboxylic acid groups (broad SMARTS) is 1. The lowest BCUT2D eigenvalue weighted by Crippen LogP contribution is -2.49. The third-order valence-electron chi connectivity index (χ3n) is 3.55. The summed E-state index contributed by atoms with van der Waals surface area (Å²) < 4.78 is 0. The van der Waals surface area contributed by atoms with Gasteiger partial charge in [0.2, 0.25) is 0 Å². The van der Waals surface area contributed by atoms with Crippen LogP contribution in [0.5, 0.6) is 0 Å². The van der Waals surface area contributed by atoms with E-state index in [-0.39, 0.29) is 6.54 Å². The molecule has 1 fully saturated rings. The number of carbonyl (C=O) groups is 1. The van der Waals surface area contributed by atoms with Crippen molar-refractivity contribution in [3.05, 3.63) is 0 Å². The summed E-state index contributed by atoms with van der Waals surface area (Å²) in [5, 5.41) is 18.6. The molecule has 0 amide bonds. The second-order valence-corrected chi connectivity index (χ2v) is 5.42. The number of aliphatic hydroxyl groups is 1. The minimum atomic E-state index is -1.64. The van der Waals surface area contributed by atoms with Crippen LogP contribution in [-0.2, 0) is 4.79 Å². The molecule has 0 bridgehead atoms. The highest BCUT2D eigenvalue weighted by atomic mass is 16.4. The van der Waals surface area contributed by atoms with Crippen molar-refractivity contribution in [3.63, 3.8) is 0 Å². The molecule has 0 radical (unpaired) electrons. The van der Waals surface area contributed by atoms with Gasteiger partial charge in [-0.05, 0) is 32.7 Å². The molecule has 0 aromatic rings. The lowest BCUT2D eigenvalue weighted by atomic mass is 9.86. The smallest absolute Gasteiger partial charge is 0.336 e. The predicted molar refractivity (Wildman–Crippen MR) is 62.3 cm³/mol. The summed E-state index contributed by atoms with van der Waals surface area (Å²) >= 11 is 0. The molecule has 2 N–H and O–H groups in total. The third kappa shape index (κ3) is 3.46. The Bertz CT molecular complexity index is 253. The number of nitrogens with zero attached hydrogens (tertiary/aromatic N) is 1. The van der Waals surface area contributed by atoms with E-state index in [4.69, 9.17) is 5.11 Å². The Labute approximate surface area is 97.3 Å². The highest BCUT2D eigenvalue weighted by Crippen LogP contribution is 2.27. The van der Waals surface area contributed by atoms with E-state index < -0.39 is 11.6 Å². The molecule has 94 valence electrons. The average molecular weight is 229 g/mol. The van der Waals surface area contributed by atoms with Crippen molar-refractivity contribution < 1.29 is 15.0 Å². The lowest BCUT2D eigenvalue weighted by Gasteiger charge is -2.36. The number of carboxylic acids is 1. The fraction of sp³-hybridized carbons (Fsp3) is 0.917. The second kappa shape index (κ2) is 5.15. The van der Waals surface area contributed by atoms with Gasteiger partial charge in [-0.1, -0.05) is 19.8 Å². The first-order chi connectivity index (χ1) is 7.33. The Balaban J connectivity index is 2.51. The van der Waals surface area contributed by atoms with Crippen LogP contribution in [0.25, 0.3) is 0 Å². The molecule has 3 atom stereocenters. The SMILES string of the molecule is CC1CCCC(N(C)CC(C)(O)C(=O)O)C1. The van der Waals surface area contributed by atoms with Crippen molar-refractivity contribution in [3.8, 4) is 0 Å². The molecule has 3 unspecified atom stereocenters. The molecule has 1 saturated carbocycles. The topological polar surface area (TPSA) is 60.8 Å². The zero-order valence-electron chi connectivity index (χ0n) is 10.4. The Morgan fingerprint density at radius 3 is 2.62 bits per heavy atom. The number of hydrogen-bond donors (Lipinski definition) is 2. The minimum Gasteiger partial charge on any atom is -0.479 e. The summed E-state index contributed by atoms with van der Waals surface area (Å²) in [6.45, 7) is 3.78. The number of rotatable bonds is 4. The molecule has 1 aliphatic rings. The normalized spacial score (nSPS) is 30.1. The minimum absolute atomic E-state index is 0.194. The molecule has 0 aromatic heterocycles. The van der Waals surface area contributed by atoms with E-state index in [9.17, 15) is 9.90 Å². The molecule has 0 spiro atoms. The van der Waals surface area contributed by atoms with Crippen LogP contribution in [-0.4, -0.2) is 46.3 Å². The van der Waals surface area contributed by atoms with Crippen LogP contribution in [0.1, 0.15) is 39.5 Å². The van der Waals surface area contributed by atoms with Crippen molar-refractivity contribution in [2.75, 3.05) is 13.6 Å². The van der Waals surface area contributed by atoms with Gasteiger partial charge in [0.25, 0.3) is 0 Å². The zero-order valence-corrected chi connectivity index (χ0v) is 10.4. The number of aliphatic carboxylic acids is 1. The molecule has 16 heavy (non-hydrogen) atoms. The van der Waals surface area contributed by atoms with Crippen LogP contribution < -0.4 is 0 Å². The zero-order chi connectivity index (χ0) is 12.3. The Kier molecular flexibility index (Phi) is 4.33. The van der Waals surface area contributed by atoms with Crippen molar-refractivity contribution in [1.29, 1.82) is 0 Å². The van der Waals surface area contributed by atoms with Gasteiger partial charge in [-0.15, -0.1) is 0 Å².